The van der Waals surface area contributed by atoms with E-state index in [1.54, 1.807) is 0 Å². The Labute approximate surface area is 126 Å². The van der Waals surface area contributed by atoms with Crippen molar-refractivity contribution < 1.29 is 19.4 Å². The molecule has 0 radical (unpaired) electrons. The standard InChI is InChI=1S/C15H28N2O4/c1-5-12(13(18)19)17-8-6-11(7-9-17)10-16-14(20)21-15(2,3)4/h11-12H,5-10H2,1-4H3,(H,16,20)(H,18,19). The van der Waals surface area contributed by atoms with Crippen LogP contribution in [0, 0.1) is 5.92 Å². The fraction of sp³-hybridized carbons (Fsp3) is 0.867. The summed E-state index contributed by atoms with van der Waals surface area (Å²) in [5.41, 5.74) is -0.483. The summed E-state index contributed by atoms with van der Waals surface area (Å²) in [6.45, 7) is 9.53. The van der Waals surface area contributed by atoms with Gasteiger partial charge in [0, 0.05) is 6.54 Å². The minimum atomic E-state index is -0.747. The van der Waals surface area contributed by atoms with Gasteiger partial charge in [0.25, 0.3) is 0 Å². The number of rotatable bonds is 5. The van der Waals surface area contributed by atoms with E-state index in [1.807, 2.05) is 32.6 Å². The Morgan fingerprint density at radius 2 is 1.90 bits per heavy atom. The summed E-state index contributed by atoms with van der Waals surface area (Å²) in [6, 6.07) is -0.384. The molecule has 21 heavy (non-hydrogen) atoms. The molecule has 0 saturated carbocycles. The van der Waals surface area contributed by atoms with Crippen molar-refractivity contribution in [3.05, 3.63) is 0 Å². The van der Waals surface area contributed by atoms with E-state index in [0.717, 1.165) is 25.9 Å². The first kappa shape index (κ1) is 17.8. The van der Waals surface area contributed by atoms with Crippen molar-refractivity contribution in [3.63, 3.8) is 0 Å². The van der Waals surface area contributed by atoms with E-state index in [0.29, 0.717) is 18.9 Å². The van der Waals surface area contributed by atoms with Gasteiger partial charge in [-0.25, -0.2) is 4.79 Å². The van der Waals surface area contributed by atoms with Crippen LogP contribution in [0.4, 0.5) is 4.79 Å². The molecule has 1 aliphatic heterocycles. The Morgan fingerprint density at radius 1 is 1.33 bits per heavy atom. The van der Waals surface area contributed by atoms with Crippen LogP contribution in [-0.4, -0.2) is 53.3 Å². The number of ether oxygens (including phenoxy) is 1. The summed E-state index contributed by atoms with van der Waals surface area (Å²) in [6.07, 6.45) is 2.04. The maximum absolute atomic E-state index is 11.6. The number of likely N-dealkylation sites (tertiary alicyclic amines) is 1. The highest BCUT2D eigenvalue weighted by Gasteiger charge is 2.28. The predicted molar refractivity (Wildman–Crippen MR) is 80.2 cm³/mol. The minimum absolute atomic E-state index is 0.384. The van der Waals surface area contributed by atoms with Gasteiger partial charge in [0.15, 0.2) is 0 Å². The minimum Gasteiger partial charge on any atom is -0.480 e. The van der Waals surface area contributed by atoms with Crippen LogP contribution < -0.4 is 5.32 Å². The second kappa shape index (κ2) is 7.64. The smallest absolute Gasteiger partial charge is 0.407 e. The second-order valence-corrected chi connectivity index (χ2v) is 6.62. The average Bonchev–Trinajstić information content (AvgIpc) is 2.36. The number of carbonyl (C=O) groups is 2. The molecule has 0 bridgehead atoms. The molecule has 6 heteroatoms. The molecule has 1 heterocycles. The number of carboxylic acids is 1. The van der Waals surface area contributed by atoms with E-state index in [1.165, 1.54) is 0 Å². The number of carboxylic acid groups (broad SMARTS) is 1. The molecule has 0 aliphatic carbocycles. The molecule has 0 spiro atoms. The third-order valence-corrected chi connectivity index (χ3v) is 3.70. The number of carbonyl (C=O) groups excluding carboxylic acids is 1. The summed E-state index contributed by atoms with van der Waals surface area (Å²) in [7, 11) is 0. The van der Waals surface area contributed by atoms with E-state index >= 15 is 0 Å². The van der Waals surface area contributed by atoms with Crippen molar-refractivity contribution >= 4 is 12.1 Å². The summed E-state index contributed by atoms with van der Waals surface area (Å²) in [5, 5.41) is 12.0. The molecular weight excluding hydrogens is 272 g/mol. The molecule has 1 atom stereocenters. The van der Waals surface area contributed by atoms with Gasteiger partial charge in [-0.15, -0.1) is 0 Å². The van der Waals surface area contributed by atoms with E-state index in [-0.39, 0.29) is 12.1 Å². The number of hydrogen-bond acceptors (Lipinski definition) is 4. The van der Waals surface area contributed by atoms with E-state index in [4.69, 9.17) is 9.84 Å². The lowest BCUT2D eigenvalue weighted by molar-refractivity contribution is -0.144. The van der Waals surface area contributed by atoms with Gasteiger partial charge in [-0.3, -0.25) is 9.69 Å². The van der Waals surface area contributed by atoms with E-state index in [2.05, 4.69) is 5.32 Å². The zero-order valence-corrected chi connectivity index (χ0v) is 13.5. The number of nitrogens with one attached hydrogen (secondary N) is 1. The molecule has 1 fully saturated rings. The van der Waals surface area contributed by atoms with Crippen LogP contribution in [0.15, 0.2) is 0 Å². The molecule has 6 nitrogen and oxygen atoms in total. The number of nitrogens with zero attached hydrogens (tertiary/aromatic N) is 1. The normalized spacial score (nSPS) is 19.0. The Morgan fingerprint density at radius 3 is 2.33 bits per heavy atom. The van der Waals surface area contributed by atoms with Gasteiger partial charge in [-0.1, -0.05) is 6.92 Å². The van der Waals surface area contributed by atoms with E-state index < -0.39 is 11.6 Å². The average molecular weight is 300 g/mol. The van der Waals surface area contributed by atoms with Crippen LogP contribution >= 0.6 is 0 Å². The number of piperidine rings is 1. The van der Waals surface area contributed by atoms with Gasteiger partial charge in [0.05, 0.1) is 0 Å². The van der Waals surface area contributed by atoms with Crippen LogP contribution in [0.25, 0.3) is 0 Å². The Hall–Kier alpha value is -1.30. The Kier molecular flexibility index (Phi) is 6.45. The molecule has 1 rings (SSSR count). The van der Waals surface area contributed by atoms with Crippen molar-refractivity contribution in [1.29, 1.82) is 0 Å². The lowest BCUT2D eigenvalue weighted by atomic mass is 9.95. The zero-order valence-electron chi connectivity index (χ0n) is 13.5. The van der Waals surface area contributed by atoms with Gasteiger partial charge >= 0.3 is 12.1 Å². The first-order valence-corrected chi connectivity index (χ1v) is 7.66. The lowest BCUT2D eigenvalue weighted by Crippen LogP contribution is -2.47. The van der Waals surface area contributed by atoms with Gasteiger partial charge in [0.1, 0.15) is 11.6 Å². The van der Waals surface area contributed by atoms with Crippen LogP contribution in [0.2, 0.25) is 0 Å². The third-order valence-electron chi connectivity index (χ3n) is 3.70. The van der Waals surface area contributed by atoms with Crippen LogP contribution in [-0.2, 0) is 9.53 Å². The second-order valence-electron chi connectivity index (χ2n) is 6.62. The molecule has 1 saturated heterocycles. The van der Waals surface area contributed by atoms with Gasteiger partial charge < -0.3 is 15.2 Å². The van der Waals surface area contributed by atoms with E-state index in [9.17, 15) is 9.59 Å². The SMILES string of the molecule is CCC(C(=O)O)N1CCC(CNC(=O)OC(C)(C)C)CC1. The molecule has 2 N–H and O–H groups in total. The van der Waals surface area contributed by atoms with Crippen LogP contribution in [0.1, 0.15) is 47.0 Å². The molecule has 0 aromatic rings. The van der Waals surface area contributed by atoms with Crippen molar-refractivity contribution in [2.45, 2.75) is 58.6 Å². The summed E-state index contributed by atoms with van der Waals surface area (Å²) in [5.74, 6) is -0.358. The predicted octanol–water partition coefficient (Wildman–Crippen LogP) is 2.09. The molecule has 1 unspecified atom stereocenters. The van der Waals surface area contributed by atoms with Crippen molar-refractivity contribution in [1.82, 2.24) is 10.2 Å². The highest BCUT2D eigenvalue weighted by Crippen LogP contribution is 2.20. The third kappa shape index (κ3) is 6.33. The topological polar surface area (TPSA) is 78.9 Å². The first-order chi connectivity index (χ1) is 9.73. The summed E-state index contributed by atoms with van der Waals surface area (Å²) in [4.78, 5) is 24.8. The molecule has 1 aliphatic rings. The van der Waals surface area contributed by atoms with Gasteiger partial charge in [0.2, 0.25) is 0 Å². The van der Waals surface area contributed by atoms with Gasteiger partial charge in [-0.05, 0) is 59.0 Å². The quantitative estimate of drug-likeness (QED) is 0.813. The van der Waals surface area contributed by atoms with Gasteiger partial charge in [-0.2, -0.15) is 0 Å². The van der Waals surface area contributed by atoms with Crippen molar-refractivity contribution in [2.75, 3.05) is 19.6 Å². The van der Waals surface area contributed by atoms with Crippen molar-refractivity contribution in [2.24, 2.45) is 5.92 Å². The Bertz CT molecular complexity index is 357. The molecule has 0 aromatic heterocycles. The fourth-order valence-electron chi connectivity index (χ4n) is 2.60. The maximum atomic E-state index is 11.6. The first-order valence-electron chi connectivity index (χ1n) is 7.66. The number of aliphatic carboxylic acids is 1. The maximum Gasteiger partial charge on any atom is 0.407 e. The summed E-state index contributed by atoms with van der Waals surface area (Å²) >= 11 is 0. The summed E-state index contributed by atoms with van der Waals surface area (Å²) < 4.78 is 5.20. The number of alkyl carbamates (subject to hydrolysis) is 1. The molecule has 1 amide bonds. The molecular formula is C15H28N2O4. The monoisotopic (exact) mass is 300 g/mol. The van der Waals surface area contributed by atoms with Crippen molar-refractivity contribution in [3.8, 4) is 0 Å². The number of hydrogen-bond donors (Lipinski definition) is 2. The highest BCUT2D eigenvalue weighted by atomic mass is 16.6. The number of amides is 1. The largest absolute Gasteiger partial charge is 0.480 e. The fourth-order valence-corrected chi connectivity index (χ4v) is 2.60. The van der Waals surface area contributed by atoms with Crippen LogP contribution in [0.5, 0.6) is 0 Å². The lowest BCUT2D eigenvalue weighted by Gasteiger charge is -2.35. The molecule has 122 valence electrons. The van der Waals surface area contributed by atoms with Crippen LogP contribution in [0.3, 0.4) is 0 Å². The Balaban J connectivity index is 2.31. The highest BCUT2D eigenvalue weighted by molar-refractivity contribution is 5.73. The molecule has 0 aromatic carbocycles. The zero-order chi connectivity index (χ0) is 16.0.